The Morgan fingerprint density at radius 2 is 2.00 bits per heavy atom. The highest BCUT2D eigenvalue weighted by Crippen LogP contribution is 2.26. The van der Waals surface area contributed by atoms with E-state index in [1.165, 1.54) is 0 Å². The highest BCUT2D eigenvalue weighted by Gasteiger charge is 2.24. The molecule has 2 aromatic rings. The zero-order valence-electron chi connectivity index (χ0n) is 12.7. The number of nitrogens with one attached hydrogen (secondary N) is 1. The van der Waals surface area contributed by atoms with Gasteiger partial charge in [-0.25, -0.2) is 4.63 Å². The predicted molar refractivity (Wildman–Crippen MR) is 77.7 cm³/mol. The average molecular weight is 309 g/mol. The molecule has 3 heterocycles. The molecule has 1 fully saturated rings. The van der Waals surface area contributed by atoms with Crippen molar-refractivity contribution in [3.8, 4) is 11.5 Å². The van der Waals surface area contributed by atoms with Crippen LogP contribution < -0.4 is 10.2 Å². The zero-order chi connectivity index (χ0) is 15.4. The first kappa shape index (κ1) is 14.7. The quantitative estimate of drug-likeness (QED) is 0.779. The van der Waals surface area contributed by atoms with Crippen LogP contribution in [-0.2, 0) is 4.74 Å². The lowest BCUT2D eigenvalue weighted by atomic mass is 10.3. The van der Waals surface area contributed by atoms with Gasteiger partial charge in [-0.1, -0.05) is 5.16 Å². The van der Waals surface area contributed by atoms with Gasteiger partial charge in [-0.05, 0) is 24.4 Å². The molecule has 3 rings (SSSR count). The van der Waals surface area contributed by atoms with Gasteiger partial charge < -0.3 is 24.4 Å². The summed E-state index contributed by atoms with van der Waals surface area (Å²) in [4.78, 5) is 8.37. The Hall–Kier alpha value is -2.20. The van der Waals surface area contributed by atoms with Crippen molar-refractivity contribution < 1.29 is 13.9 Å². The maximum atomic E-state index is 5.33. The molecule has 0 atom stereocenters. The van der Waals surface area contributed by atoms with E-state index in [1.807, 2.05) is 19.0 Å². The minimum atomic E-state index is 0.354. The smallest absolute Gasteiger partial charge is 0.321 e. The van der Waals surface area contributed by atoms with E-state index >= 15 is 0 Å². The van der Waals surface area contributed by atoms with Gasteiger partial charge in [-0.3, -0.25) is 0 Å². The lowest BCUT2D eigenvalue weighted by Gasteiger charge is -2.26. The number of morpholine rings is 1. The Labute approximate surface area is 127 Å². The van der Waals surface area contributed by atoms with Crippen molar-refractivity contribution in [2.24, 2.45) is 0 Å². The van der Waals surface area contributed by atoms with Crippen molar-refractivity contribution in [1.29, 1.82) is 0 Å². The molecule has 0 bridgehead atoms. The molecule has 0 spiro atoms. The third kappa shape index (κ3) is 3.34. The van der Waals surface area contributed by atoms with Gasteiger partial charge in [0.1, 0.15) is 0 Å². The molecule has 120 valence electrons. The van der Waals surface area contributed by atoms with Crippen LogP contribution in [0, 0.1) is 0 Å². The Balaban J connectivity index is 1.69. The molecule has 0 aromatic carbocycles. The Morgan fingerprint density at radius 3 is 2.77 bits per heavy atom. The minimum absolute atomic E-state index is 0.354. The van der Waals surface area contributed by atoms with Crippen LogP contribution in [0.5, 0.6) is 0 Å². The summed E-state index contributed by atoms with van der Waals surface area (Å²) < 4.78 is 15.3. The lowest BCUT2D eigenvalue weighted by molar-refractivity contribution is 0.122. The topological polar surface area (TPSA) is 106 Å². The van der Waals surface area contributed by atoms with E-state index in [1.54, 1.807) is 0 Å². The van der Waals surface area contributed by atoms with Gasteiger partial charge in [0, 0.05) is 26.2 Å². The van der Waals surface area contributed by atoms with E-state index in [2.05, 4.69) is 30.7 Å². The molecule has 0 unspecified atom stereocenters. The van der Waals surface area contributed by atoms with Gasteiger partial charge in [0.2, 0.25) is 11.6 Å². The molecule has 0 radical (unpaired) electrons. The fourth-order valence-electron chi connectivity index (χ4n) is 2.09. The summed E-state index contributed by atoms with van der Waals surface area (Å²) in [5.74, 6) is 0.971. The van der Waals surface area contributed by atoms with E-state index in [0.717, 1.165) is 19.6 Å². The second-order valence-electron chi connectivity index (χ2n) is 5.19. The van der Waals surface area contributed by atoms with E-state index < -0.39 is 0 Å². The van der Waals surface area contributed by atoms with Crippen molar-refractivity contribution in [3.05, 3.63) is 0 Å². The molecular formula is C12H19N7O3. The van der Waals surface area contributed by atoms with Crippen LogP contribution in [0.25, 0.3) is 11.5 Å². The summed E-state index contributed by atoms with van der Waals surface area (Å²) in [7, 11) is 3.99. The standard InChI is InChI=1S/C12H19N7O3/c1-18(2)4-3-13-12-14-10(16-21-12)9-11(17-22-15-9)19-5-7-20-8-6-19/h3-8H2,1-2H3,(H,13,14,16). The molecule has 10 nitrogen and oxygen atoms in total. The first-order chi connectivity index (χ1) is 10.7. The SMILES string of the molecule is CN(C)CCNc1nc(-c2nonc2N2CCOCC2)no1. The molecular weight excluding hydrogens is 290 g/mol. The number of hydrogen-bond acceptors (Lipinski definition) is 10. The summed E-state index contributed by atoms with van der Waals surface area (Å²) in [6.07, 6.45) is 0. The van der Waals surface area contributed by atoms with Crippen LogP contribution in [0.4, 0.5) is 11.8 Å². The van der Waals surface area contributed by atoms with Gasteiger partial charge in [0.15, 0.2) is 5.69 Å². The van der Waals surface area contributed by atoms with Crippen LogP contribution >= 0.6 is 0 Å². The maximum Gasteiger partial charge on any atom is 0.321 e. The summed E-state index contributed by atoms with van der Waals surface area (Å²) in [5.41, 5.74) is 0.478. The summed E-state index contributed by atoms with van der Waals surface area (Å²) in [5, 5.41) is 14.8. The normalized spacial score (nSPS) is 15.5. The first-order valence-electron chi connectivity index (χ1n) is 7.12. The minimum Gasteiger partial charge on any atom is -0.378 e. The molecule has 22 heavy (non-hydrogen) atoms. The zero-order valence-corrected chi connectivity index (χ0v) is 12.7. The van der Waals surface area contributed by atoms with E-state index in [-0.39, 0.29) is 0 Å². The number of rotatable bonds is 6. The van der Waals surface area contributed by atoms with E-state index in [4.69, 9.17) is 13.9 Å². The highest BCUT2D eigenvalue weighted by atomic mass is 16.6. The highest BCUT2D eigenvalue weighted by molar-refractivity contribution is 5.66. The number of nitrogens with zero attached hydrogens (tertiary/aromatic N) is 6. The van der Waals surface area contributed by atoms with Gasteiger partial charge in [-0.2, -0.15) is 4.98 Å². The summed E-state index contributed by atoms with van der Waals surface area (Å²) in [6, 6.07) is 0.354. The Morgan fingerprint density at radius 1 is 1.18 bits per heavy atom. The van der Waals surface area contributed by atoms with E-state index in [9.17, 15) is 0 Å². The van der Waals surface area contributed by atoms with E-state index in [0.29, 0.717) is 43.1 Å². The number of anilines is 2. The third-order valence-electron chi connectivity index (χ3n) is 3.25. The van der Waals surface area contributed by atoms with Gasteiger partial charge >= 0.3 is 6.01 Å². The Kier molecular flexibility index (Phi) is 4.49. The summed E-state index contributed by atoms with van der Waals surface area (Å²) in [6.45, 7) is 4.33. The molecule has 1 aliphatic rings. The van der Waals surface area contributed by atoms with Crippen molar-refractivity contribution in [2.45, 2.75) is 0 Å². The fraction of sp³-hybridized carbons (Fsp3) is 0.667. The lowest BCUT2D eigenvalue weighted by Crippen LogP contribution is -2.36. The molecule has 1 N–H and O–H groups in total. The van der Waals surface area contributed by atoms with Gasteiger partial charge in [0.05, 0.1) is 13.2 Å². The second-order valence-corrected chi connectivity index (χ2v) is 5.19. The molecule has 0 amide bonds. The van der Waals surface area contributed by atoms with Crippen LogP contribution in [0.3, 0.4) is 0 Å². The van der Waals surface area contributed by atoms with Crippen LogP contribution in [0.1, 0.15) is 0 Å². The number of ether oxygens (including phenoxy) is 1. The average Bonchev–Trinajstić information content (AvgIpc) is 3.16. The van der Waals surface area contributed by atoms with Gasteiger partial charge in [0.25, 0.3) is 0 Å². The molecule has 1 aliphatic heterocycles. The number of aromatic nitrogens is 4. The number of likely N-dealkylation sites (N-methyl/N-ethyl adjacent to an activating group) is 1. The molecule has 2 aromatic heterocycles. The van der Waals surface area contributed by atoms with Crippen LogP contribution in [0.2, 0.25) is 0 Å². The predicted octanol–water partition coefficient (Wildman–Crippen LogP) is -0.0703. The van der Waals surface area contributed by atoms with Gasteiger partial charge in [-0.15, -0.1) is 0 Å². The molecule has 10 heteroatoms. The molecule has 1 saturated heterocycles. The van der Waals surface area contributed by atoms with Crippen LogP contribution in [0.15, 0.2) is 9.15 Å². The number of hydrogen-bond donors (Lipinski definition) is 1. The molecule has 0 aliphatic carbocycles. The Bertz CT molecular complexity index is 591. The van der Waals surface area contributed by atoms with Crippen molar-refractivity contribution >= 4 is 11.8 Å². The van der Waals surface area contributed by atoms with Crippen molar-refractivity contribution in [3.63, 3.8) is 0 Å². The van der Waals surface area contributed by atoms with Crippen molar-refractivity contribution in [1.82, 2.24) is 25.4 Å². The summed E-state index contributed by atoms with van der Waals surface area (Å²) >= 11 is 0. The first-order valence-corrected chi connectivity index (χ1v) is 7.12. The monoisotopic (exact) mass is 309 g/mol. The largest absolute Gasteiger partial charge is 0.378 e. The maximum absolute atomic E-state index is 5.33. The van der Waals surface area contributed by atoms with Crippen molar-refractivity contribution in [2.75, 3.05) is 63.7 Å². The molecule has 0 saturated carbocycles. The fourth-order valence-corrected chi connectivity index (χ4v) is 2.09. The third-order valence-corrected chi connectivity index (χ3v) is 3.25. The second kappa shape index (κ2) is 6.71. The van der Waals surface area contributed by atoms with Crippen LogP contribution in [-0.4, -0.2) is 78.8 Å².